The first-order valence-corrected chi connectivity index (χ1v) is 9.11. The summed E-state index contributed by atoms with van der Waals surface area (Å²) in [6.45, 7) is 2.15. The average molecular weight is 341 g/mol. The highest BCUT2D eigenvalue weighted by Crippen LogP contribution is 2.23. The molecule has 2 heterocycles. The van der Waals surface area contributed by atoms with Crippen LogP contribution in [0.2, 0.25) is 0 Å². The summed E-state index contributed by atoms with van der Waals surface area (Å²) >= 11 is 0. The van der Waals surface area contributed by atoms with Crippen LogP contribution in [0.3, 0.4) is 0 Å². The number of amides is 3. The zero-order chi connectivity index (χ0) is 17.4. The minimum Gasteiger partial charge on any atom is -0.344 e. The van der Waals surface area contributed by atoms with Crippen molar-refractivity contribution in [3.63, 3.8) is 0 Å². The van der Waals surface area contributed by atoms with Crippen molar-refractivity contribution in [2.45, 2.75) is 38.1 Å². The van der Waals surface area contributed by atoms with Crippen molar-refractivity contribution in [3.05, 3.63) is 34.9 Å². The van der Waals surface area contributed by atoms with Gasteiger partial charge in [0.2, 0.25) is 11.8 Å². The molecule has 2 fully saturated rings. The third-order valence-electron chi connectivity index (χ3n) is 5.52. The molecule has 4 rings (SSSR count). The summed E-state index contributed by atoms with van der Waals surface area (Å²) in [6, 6.07) is 5.67. The van der Waals surface area contributed by atoms with Crippen molar-refractivity contribution in [2.24, 2.45) is 0 Å². The van der Waals surface area contributed by atoms with Crippen LogP contribution in [-0.2, 0) is 22.4 Å². The number of piperazine rings is 1. The lowest BCUT2D eigenvalue weighted by atomic mass is 10.1. The van der Waals surface area contributed by atoms with Crippen molar-refractivity contribution in [3.8, 4) is 0 Å². The predicted molar refractivity (Wildman–Crippen MR) is 92.1 cm³/mol. The number of aryl methyl sites for hydroxylation is 2. The molecule has 0 spiro atoms. The summed E-state index contributed by atoms with van der Waals surface area (Å²) in [5.41, 5.74) is 3.42. The van der Waals surface area contributed by atoms with Crippen molar-refractivity contribution in [2.75, 3.05) is 26.2 Å². The molecular formula is C19H23N3O3. The third-order valence-corrected chi connectivity index (χ3v) is 5.52. The van der Waals surface area contributed by atoms with Crippen LogP contribution in [0.4, 0.5) is 0 Å². The van der Waals surface area contributed by atoms with Gasteiger partial charge in [-0.3, -0.25) is 14.4 Å². The van der Waals surface area contributed by atoms with Crippen LogP contribution in [0.1, 0.15) is 40.7 Å². The second kappa shape index (κ2) is 6.50. The van der Waals surface area contributed by atoms with Crippen LogP contribution in [0.15, 0.2) is 18.2 Å². The van der Waals surface area contributed by atoms with Gasteiger partial charge in [-0.2, -0.15) is 0 Å². The minimum absolute atomic E-state index is 0.0181. The standard InChI is InChI=1S/C19H23N3O3/c23-17-7-6-16(20-17)19(25)22-10-8-21(9-11-22)18(24)15-5-4-13-2-1-3-14(13)12-15/h4-5,12,16H,1-3,6-11H2,(H,20,23). The summed E-state index contributed by atoms with van der Waals surface area (Å²) in [5, 5.41) is 2.72. The Hall–Kier alpha value is -2.37. The molecule has 1 unspecified atom stereocenters. The smallest absolute Gasteiger partial charge is 0.253 e. The van der Waals surface area contributed by atoms with Gasteiger partial charge in [0.15, 0.2) is 0 Å². The lowest BCUT2D eigenvalue weighted by Gasteiger charge is -2.36. The maximum Gasteiger partial charge on any atom is 0.253 e. The van der Waals surface area contributed by atoms with E-state index >= 15 is 0 Å². The van der Waals surface area contributed by atoms with Gasteiger partial charge in [0, 0.05) is 38.2 Å². The van der Waals surface area contributed by atoms with Crippen molar-refractivity contribution < 1.29 is 14.4 Å². The van der Waals surface area contributed by atoms with E-state index in [1.165, 1.54) is 17.5 Å². The molecule has 2 saturated heterocycles. The number of hydrogen-bond donors (Lipinski definition) is 1. The first-order chi connectivity index (χ1) is 12.1. The average Bonchev–Trinajstić information content (AvgIpc) is 3.28. The van der Waals surface area contributed by atoms with Gasteiger partial charge in [-0.15, -0.1) is 0 Å². The van der Waals surface area contributed by atoms with Crippen LogP contribution in [0.5, 0.6) is 0 Å². The molecule has 3 amide bonds. The van der Waals surface area contributed by atoms with Crippen molar-refractivity contribution in [1.29, 1.82) is 0 Å². The van der Waals surface area contributed by atoms with E-state index in [9.17, 15) is 14.4 Å². The Labute approximate surface area is 147 Å². The SMILES string of the molecule is O=C1CCC(C(=O)N2CCN(C(=O)c3ccc4c(c3)CCC4)CC2)N1. The van der Waals surface area contributed by atoms with Gasteiger partial charge < -0.3 is 15.1 Å². The Morgan fingerprint density at radius 3 is 2.40 bits per heavy atom. The lowest BCUT2D eigenvalue weighted by Crippen LogP contribution is -2.54. The zero-order valence-electron chi connectivity index (χ0n) is 14.3. The van der Waals surface area contributed by atoms with Crippen LogP contribution in [0, 0.1) is 0 Å². The fraction of sp³-hybridized carbons (Fsp3) is 0.526. The molecule has 0 saturated carbocycles. The lowest BCUT2D eigenvalue weighted by molar-refractivity contribution is -0.135. The predicted octanol–water partition coefficient (Wildman–Crippen LogP) is 0.738. The monoisotopic (exact) mass is 341 g/mol. The van der Waals surface area contributed by atoms with E-state index in [4.69, 9.17) is 0 Å². The molecule has 25 heavy (non-hydrogen) atoms. The quantitative estimate of drug-likeness (QED) is 0.862. The van der Waals surface area contributed by atoms with Gasteiger partial charge >= 0.3 is 0 Å². The highest BCUT2D eigenvalue weighted by molar-refractivity contribution is 5.95. The topological polar surface area (TPSA) is 69.7 Å². The molecule has 0 aromatic heterocycles. The van der Waals surface area contributed by atoms with Crippen LogP contribution >= 0.6 is 0 Å². The molecule has 132 valence electrons. The van der Waals surface area contributed by atoms with Gasteiger partial charge in [-0.1, -0.05) is 6.07 Å². The summed E-state index contributed by atoms with van der Waals surface area (Å²) in [4.78, 5) is 40.0. The number of rotatable bonds is 2. The van der Waals surface area contributed by atoms with Gasteiger partial charge in [0.25, 0.3) is 5.91 Å². The molecule has 3 aliphatic rings. The number of benzene rings is 1. The highest BCUT2D eigenvalue weighted by atomic mass is 16.2. The van der Waals surface area contributed by atoms with E-state index in [1.54, 1.807) is 4.90 Å². The maximum atomic E-state index is 12.7. The molecule has 2 aliphatic heterocycles. The van der Waals surface area contributed by atoms with E-state index in [0.29, 0.717) is 39.0 Å². The largest absolute Gasteiger partial charge is 0.344 e. The second-order valence-electron chi connectivity index (χ2n) is 7.11. The molecule has 1 aromatic rings. The van der Waals surface area contributed by atoms with E-state index in [2.05, 4.69) is 11.4 Å². The number of fused-ring (bicyclic) bond motifs is 1. The van der Waals surface area contributed by atoms with E-state index in [0.717, 1.165) is 18.4 Å². The Kier molecular flexibility index (Phi) is 4.19. The van der Waals surface area contributed by atoms with Gasteiger partial charge in [-0.25, -0.2) is 0 Å². The minimum atomic E-state index is -0.383. The van der Waals surface area contributed by atoms with Crippen molar-refractivity contribution >= 4 is 17.7 Å². The molecule has 1 N–H and O–H groups in total. The Balaban J connectivity index is 1.36. The number of nitrogens with zero attached hydrogens (tertiary/aromatic N) is 2. The van der Waals surface area contributed by atoms with E-state index < -0.39 is 0 Å². The first-order valence-electron chi connectivity index (χ1n) is 9.11. The first kappa shape index (κ1) is 16.1. The normalized spacial score (nSPS) is 22.7. The molecule has 1 atom stereocenters. The number of nitrogens with one attached hydrogen (secondary N) is 1. The molecule has 0 bridgehead atoms. The summed E-state index contributed by atoms with van der Waals surface area (Å²) in [5.74, 6) is -0.0183. The Bertz CT molecular complexity index is 723. The molecule has 6 nitrogen and oxygen atoms in total. The fourth-order valence-electron chi connectivity index (χ4n) is 4.04. The molecule has 0 radical (unpaired) electrons. The van der Waals surface area contributed by atoms with E-state index in [-0.39, 0.29) is 23.8 Å². The third kappa shape index (κ3) is 3.13. The summed E-state index contributed by atoms with van der Waals surface area (Å²) in [7, 11) is 0. The number of carbonyl (C=O) groups is 3. The molecule has 6 heteroatoms. The maximum absolute atomic E-state index is 12.7. The van der Waals surface area contributed by atoms with Gasteiger partial charge in [-0.05, 0) is 48.9 Å². The number of carbonyl (C=O) groups excluding carboxylic acids is 3. The molecule has 1 aliphatic carbocycles. The van der Waals surface area contributed by atoms with Gasteiger partial charge in [0.05, 0.1) is 0 Å². The van der Waals surface area contributed by atoms with E-state index in [1.807, 2.05) is 17.0 Å². The molecule has 1 aromatic carbocycles. The van der Waals surface area contributed by atoms with Crippen LogP contribution < -0.4 is 5.32 Å². The summed E-state index contributed by atoms with van der Waals surface area (Å²) in [6.07, 6.45) is 4.35. The highest BCUT2D eigenvalue weighted by Gasteiger charge is 2.33. The fourth-order valence-corrected chi connectivity index (χ4v) is 4.04. The number of hydrogen-bond acceptors (Lipinski definition) is 3. The van der Waals surface area contributed by atoms with Gasteiger partial charge in [0.1, 0.15) is 6.04 Å². The molecular weight excluding hydrogens is 318 g/mol. The Morgan fingerprint density at radius 1 is 0.960 bits per heavy atom. The van der Waals surface area contributed by atoms with Crippen LogP contribution in [-0.4, -0.2) is 59.7 Å². The van der Waals surface area contributed by atoms with Crippen molar-refractivity contribution in [1.82, 2.24) is 15.1 Å². The van der Waals surface area contributed by atoms with Crippen LogP contribution in [0.25, 0.3) is 0 Å². The second-order valence-corrected chi connectivity index (χ2v) is 7.11. The zero-order valence-corrected chi connectivity index (χ0v) is 14.3. The Morgan fingerprint density at radius 2 is 1.68 bits per heavy atom. The summed E-state index contributed by atoms with van der Waals surface area (Å²) < 4.78 is 0.